The Balaban J connectivity index is 1.98. The number of piperidine rings is 2. The molecule has 18 heavy (non-hydrogen) atoms. The van der Waals surface area contributed by atoms with Crippen molar-refractivity contribution in [3.63, 3.8) is 0 Å². The SMILES string of the molecule is CC(C(=O)O)C(=O)N1CCC2C(CCCN2C)C1. The second kappa shape index (κ2) is 5.26. The highest BCUT2D eigenvalue weighted by Crippen LogP contribution is 2.30. The fraction of sp³-hybridized carbons (Fsp3) is 0.846. The summed E-state index contributed by atoms with van der Waals surface area (Å²) in [7, 11) is 2.15. The van der Waals surface area contributed by atoms with Crippen LogP contribution in [0.5, 0.6) is 0 Å². The van der Waals surface area contributed by atoms with Gasteiger partial charge in [0.15, 0.2) is 0 Å². The maximum absolute atomic E-state index is 12.0. The van der Waals surface area contributed by atoms with Crippen molar-refractivity contribution in [2.75, 3.05) is 26.7 Å². The molecule has 0 aromatic heterocycles. The van der Waals surface area contributed by atoms with E-state index in [4.69, 9.17) is 5.11 Å². The molecule has 102 valence electrons. The molecule has 2 rings (SSSR count). The molecular formula is C13H22N2O3. The second-order valence-electron chi connectivity index (χ2n) is 5.58. The molecule has 2 fully saturated rings. The third-order valence-electron chi connectivity index (χ3n) is 4.40. The van der Waals surface area contributed by atoms with Gasteiger partial charge in [0, 0.05) is 19.1 Å². The highest BCUT2D eigenvalue weighted by Gasteiger charge is 2.37. The van der Waals surface area contributed by atoms with E-state index < -0.39 is 11.9 Å². The first-order chi connectivity index (χ1) is 8.50. The standard InChI is InChI=1S/C13H22N2O3/c1-9(13(17)18)12(16)15-7-5-11-10(8-15)4-3-6-14(11)2/h9-11H,3-8H2,1-2H3,(H,17,18). The summed E-state index contributed by atoms with van der Waals surface area (Å²) >= 11 is 0. The summed E-state index contributed by atoms with van der Waals surface area (Å²) < 4.78 is 0. The van der Waals surface area contributed by atoms with Crippen molar-refractivity contribution in [3.05, 3.63) is 0 Å². The number of hydrogen-bond donors (Lipinski definition) is 1. The summed E-state index contributed by atoms with van der Waals surface area (Å²) in [5, 5.41) is 8.90. The van der Waals surface area contributed by atoms with E-state index in [1.807, 2.05) is 0 Å². The summed E-state index contributed by atoms with van der Waals surface area (Å²) in [6.07, 6.45) is 3.30. The number of amides is 1. The van der Waals surface area contributed by atoms with E-state index in [0.717, 1.165) is 25.9 Å². The highest BCUT2D eigenvalue weighted by atomic mass is 16.4. The van der Waals surface area contributed by atoms with Crippen LogP contribution in [-0.4, -0.2) is 59.5 Å². The molecule has 1 amide bonds. The van der Waals surface area contributed by atoms with Crippen molar-refractivity contribution in [2.45, 2.75) is 32.2 Å². The monoisotopic (exact) mass is 254 g/mol. The molecule has 2 saturated heterocycles. The van der Waals surface area contributed by atoms with Crippen LogP contribution < -0.4 is 0 Å². The smallest absolute Gasteiger partial charge is 0.315 e. The quantitative estimate of drug-likeness (QED) is 0.735. The largest absolute Gasteiger partial charge is 0.481 e. The lowest BCUT2D eigenvalue weighted by molar-refractivity contribution is -0.151. The lowest BCUT2D eigenvalue weighted by Gasteiger charge is -2.46. The van der Waals surface area contributed by atoms with E-state index in [9.17, 15) is 9.59 Å². The van der Waals surface area contributed by atoms with Gasteiger partial charge in [0.2, 0.25) is 5.91 Å². The number of nitrogens with zero attached hydrogens (tertiary/aromatic N) is 2. The molecule has 1 N–H and O–H groups in total. The van der Waals surface area contributed by atoms with Crippen LogP contribution >= 0.6 is 0 Å². The molecule has 0 aliphatic carbocycles. The van der Waals surface area contributed by atoms with E-state index in [1.165, 1.54) is 13.3 Å². The average molecular weight is 254 g/mol. The van der Waals surface area contributed by atoms with Gasteiger partial charge in [0.05, 0.1) is 0 Å². The fourth-order valence-corrected chi connectivity index (χ4v) is 3.23. The molecule has 0 saturated carbocycles. The van der Waals surface area contributed by atoms with Crippen LogP contribution in [0.25, 0.3) is 0 Å². The predicted molar refractivity (Wildman–Crippen MR) is 67.1 cm³/mol. The number of fused-ring (bicyclic) bond motifs is 1. The van der Waals surface area contributed by atoms with E-state index in [1.54, 1.807) is 4.90 Å². The van der Waals surface area contributed by atoms with Crippen molar-refractivity contribution < 1.29 is 14.7 Å². The zero-order valence-corrected chi connectivity index (χ0v) is 11.1. The number of carbonyl (C=O) groups is 2. The molecule has 2 aliphatic rings. The minimum Gasteiger partial charge on any atom is -0.481 e. The number of hydrogen-bond acceptors (Lipinski definition) is 3. The first-order valence-corrected chi connectivity index (χ1v) is 6.72. The van der Waals surface area contributed by atoms with Crippen LogP contribution in [0, 0.1) is 11.8 Å². The molecule has 2 aliphatic heterocycles. The predicted octanol–water partition coefficient (Wildman–Crippen LogP) is 0.650. The van der Waals surface area contributed by atoms with Gasteiger partial charge in [0.1, 0.15) is 5.92 Å². The summed E-state index contributed by atoms with van der Waals surface area (Å²) in [5.74, 6) is -1.65. The van der Waals surface area contributed by atoms with Crippen LogP contribution in [0.15, 0.2) is 0 Å². The number of carbonyl (C=O) groups excluding carboxylic acids is 1. The lowest BCUT2D eigenvalue weighted by atomic mass is 9.84. The molecule has 3 unspecified atom stereocenters. The van der Waals surface area contributed by atoms with Crippen molar-refractivity contribution in [3.8, 4) is 0 Å². The van der Waals surface area contributed by atoms with Crippen LogP contribution in [-0.2, 0) is 9.59 Å². The Labute approximate surface area is 108 Å². The van der Waals surface area contributed by atoms with Crippen LogP contribution in [0.2, 0.25) is 0 Å². The highest BCUT2D eigenvalue weighted by molar-refractivity contribution is 5.96. The van der Waals surface area contributed by atoms with Gasteiger partial charge >= 0.3 is 5.97 Å². The van der Waals surface area contributed by atoms with Crippen molar-refractivity contribution in [2.24, 2.45) is 11.8 Å². The Hall–Kier alpha value is -1.10. The maximum atomic E-state index is 12.0. The first-order valence-electron chi connectivity index (χ1n) is 6.72. The minimum atomic E-state index is -1.03. The van der Waals surface area contributed by atoms with E-state index in [0.29, 0.717) is 18.5 Å². The minimum absolute atomic E-state index is 0.228. The molecule has 2 heterocycles. The number of carboxylic acid groups (broad SMARTS) is 1. The summed E-state index contributed by atoms with van der Waals surface area (Å²) in [5.41, 5.74) is 0. The molecule has 0 spiro atoms. The molecule has 5 heteroatoms. The van der Waals surface area contributed by atoms with Gasteiger partial charge in [-0.2, -0.15) is 0 Å². The topological polar surface area (TPSA) is 60.9 Å². The Bertz CT molecular complexity index is 345. The Morgan fingerprint density at radius 1 is 1.28 bits per heavy atom. The summed E-state index contributed by atoms with van der Waals surface area (Å²) in [6, 6.07) is 0.572. The molecular weight excluding hydrogens is 232 g/mol. The fourth-order valence-electron chi connectivity index (χ4n) is 3.23. The number of likely N-dealkylation sites (tertiary alicyclic amines) is 2. The molecule has 5 nitrogen and oxygen atoms in total. The van der Waals surface area contributed by atoms with Crippen LogP contribution in [0.1, 0.15) is 26.2 Å². The van der Waals surface area contributed by atoms with Crippen LogP contribution in [0.4, 0.5) is 0 Å². The van der Waals surface area contributed by atoms with Crippen molar-refractivity contribution in [1.29, 1.82) is 0 Å². The van der Waals surface area contributed by atoms with E-state index >= 15 is 0 Å². The van der Waals surface area contributed by atoms with Gasteiger partial charge in [-0.05, 0) is 45.7 Å². The van der Waals surface area contributed by atoms with Gasteiger partial charge in [-0.3, -0.25) is 9.59 Å². The molecule has 0 bridgehead atoms. The Morgan fingerprint density at radius 3 is 2.67 bits per heavy atom. The van der Waals surface area contributed by atoms with Crippen molar-refractivity contribution >= 4 is 11.9 Å². The Morgan fingerprint density at radius 2 is 2.00 bits per heavy atom. The van der Waals surface area contributed by atoms with Gasteiger partial charge in [0.25, 0.3) is 0 Å². The second-order valence-corrected chi connectivity index (χ2v) is 5.58. The first kappa shape index (κ1) is 13.3. The number of aliphatic carboxylic acids is 1. The molecule has 3 atom stereocenters. The summed E-state index contributed by atoms with van der Waals surface area (Å²) in [6.45, 7) is 4.04. The lowest BCUT2D eigenvalue weighted by Crippen LogP contribution is -2.55. The zero-order chi connectivity index (χ0) is 13.3. The third-order valence-corrected chi connectivity index (χ3v) is 4.40. The number of rotatable bonds is 2. The maximum Gasteiger partial charge on any atom is 0.315 e. The van der Waals surface area contributed by atoms with E-state index in [2.05, 4.69) is 11.9 Å². The third kappa shape index (κ3) is 2.51. The zero-order valence-electron chi connectivity index (χ0n) is 11.1. The summed E-state index contributed by atoms with van der Waals surface area (Å²) in [4.78, 5) is 27.0. The van der Waals surface area contributed by atoms with Gasteiger partial charge in [-0.25, -0.2) is 0 Å². The Kier molecular flexibility index (Phi) is 3.90. The molecule has 0 aromatic carbocycles. The number of carboxylic acids is 1. The van der Waals surface area contributed by atoms with Crippen molar-refractivity contribution in [1.82, 2.24) is 9.80 Å². The normalized spacial score (nSPS) is 30.7. The van der Waals surface area contributed by atoms with Gasteiger partial charge < -0.3 is 14.9 Å². The molecule has 0 radical (unpaired) electrons. The van der Waals surface area contributed by atoms with Crippen LogP contribution in [0.3, 0.4) is 0 Å². The average Bonchev–Trinajstić information content (AvgIpc) is 2.36. The van der Waals surface area contributed by atoms with Gasteiger partial charge in [-0.15, -0.1) is 0 Å². The van der Waals surface area contributed by atoms with E-state index in [-0.39, 0.29) is 5.91 Å². The molecule has 0 aromatic rings. The van der Waals surface area contributed by atoms with Gasteiger partial charge in [-0.1, -0.05) is 0 Å².